The lowest BCUT2D eigenvalue weighted by atomic mass is 9.71. The van der Waals surface area contributed by atoms with Gasteiger partial charge in [-0.2, -0.15) is 0 Å². The molecule has 1 amide bonds. The molecule has 0 spiro atoms. The number of aryl methyl sites for hydroxylation is 1. The van der Waals surface area contributed by atoms with Crippen LogP contribution in [0.15, 0.2) is 60.7 Å². The van der Waals surface area contributed by atoms with Gasteiger partial charge in [-0.25, -0.2) is 0 Å². The van der Waals surface area contributed by atoms with E-state index in [0.717, 1.165) is 45.1 Å². The Hall–Kier alpha value is -2.13. The van der Waals surface area contributed by atoms with E-state index in [2.05, 4.69) is 78.9 Å². The van der Waals surface area contributed by atoms with Crippen molar-refractivity contribution in [2.45, 2.75) is 44.1 Å². The molecule has 3 rings (SSSR count). The Morgan fingerprint density at radius 3 is 2.19 bits per heavy atom. The average Bonchev–Trinajstić information content (AvgIpc) is 2.72. The average molecular weight is 365 g/mol. The molecule has 0 heterocycles. The summed E-state index contributed by atoms with van der Waals surface area (Å²) in [5.41, 5.74) is 2.77. The molecule has 2 aromatic rings. The third-order valence-corrected chi connectivity index (χ3v) is 6.14. The molecular formula is C24H32N2O. The third kappa shape index (κ3) is 4.78. The van der Waals surface area contributed by atoms with Crippen LogP contribution in [0.25, 0.3) is 0 Å². The van der Waals surface area contributed by atoms with Gasteiger partial charge in [0, 0.05) is 18.0 Å². The first-order valence-electron chi connectivity index (χ1n) is 10.2. The number of amides is 1. The van der Waals surface area contributed by atoms with E-state index in [1.807, 2.05) is 6.07 Å². The highest BCUT2D eigenvalue weighted by atomic mass is 16.1. The van der Waals surface area contributed by atoms with Crippen LogP contribution in [-0.2, 0) is 16.8 Å². The lowest BCUT2D eigenvalue weighted by molar-refractivity contribution is -0.127. The van der Waals surface area contributed by atoms with Crippen molar-refractivity contribution in [2.24, 2.45) is 5.92 Å². The van der Waals surface area contributed by atoms with Gasteiger partial charge < -0.3 is 5.32 Å². The monoisotopic (exact) mass is 364 g/mol. The van der Waals surface area contributed by atoms with Crippen molar-refractivity contribution in [3.05, 3.63) is 71.8 Å². The molecule has 0 radical (unpaired) electrons. The van der Waals surface area contributed by atoms with Crippen molar-refractivity contribution in [1.82, 2.24) is 10.2 Å². The molecule has 0 saturated heterocycles. The van der Waals surface area contributed by atoms with E-state index in [-0.39, 0.29) is 17.4 Å². The molecule has 2 aromatic carbocycles. The topological polar surface area (TPSA) is 32.3 Å². The maximum absolute atomic E-state index is 12.6. The van der Waals surface area contributed by atoms with E-state index in [1.54, 1.807) is 0 Å². The number of carbonyl (C=O) groups is 1. The maximum Gasteiger partial charge on any atom is 0.223 e. The van der Waals surface area contributed by atoms with Gasteiger partial charge in [-0.05, 0) is 63.7 Å². The number of rotatable bonds is 7. The third-order valence-electron chi connectivity index (χ3n) is 6.14. The first-order chi connectivity index (χ1) is 13.1. The summed E-state index contributed by atoms with van der Waals surface area (Å²) in [6.45, 7) is 0.766. The highest BCUT2D eigenvalue weighted by Crippen LogP contribution is 2.43. The summed E-state index contributed by atoms with van der Waals surface area (Å²) in [7, 11) is 4.33. The summed E-state index contributed by atoms with van der Waals surface area (Å²) in [6.07, 6.45) is 5.99. The second-order valence-corrected chi connectivity index (χ2v) is 7.95. The summed E-state index contributed by atoms with van der Waals surface area (Å²) >= 11 is 0. The predicted molar refractivity (Wildman–Crippen MR) is 112 cm³/mol. The minimum Gasteiger partial charge on any atom is -0.356 e. The van der Waals surface area contributed by atoms with Gasteiger partial charge in [0.1, 0.15) is 0 Å². The van der Waals surface area contributed by atoms with Crippen molar-refractivity contribution in [3.63, 3.8) is 0 Å². The van der Waals surface area contributed by atoms with Crippen molar-refractivity contribution in [1.29, 1.82) is 0 Å². The van der Waals surface area contributed by atoms with E-state index in [1.165, 1.54) is 11.1 Å². The van der Waals surface area contributed by atoms with Gasteiger partial charge in [0.2, 0.25) is 5.91 Å². The second-order valence-electron chi connectivity index (χ2n) is 7.95. The van der Waals surface area contributed by atoms with E-state index in [0.29, 0.717) is 0 Å². The van der Waals surface area contributed by atoms with E-state index >= 15 is 0 Å². The quantitative estimate of drug-likeness (QED) is 0.739. The van der Waals surface area contributed by atoms with Crippen molar-refractivity contribution in [2.75, 3.05) is 20.6 Å². The van der Waals surface area contributed by atoms with Crippen molar-refractivity contribution >= 4 is 5.91 Å². The number of nitrogens with one attached hydrogen (secondary N) is 1. The van der Waals surface area contributed by atoms with Gasteiger partial charge in [-0.3, -0.25) is 9.69 Å². The molecule has 1 N–H and O–H groups in total. The Balaban J connectivity index is 1.48. The first kappa shape index (κ1) is 19.6. The zero-order valence-electron chi connectivity index (χ0n) is 16.7. The smallest absolute Gasteiger partial charge is 0.223 e. The molecule has 1 fully saturated rings. The molecule has 0 unspecified atom stereocenters. The van der Waals surface area contributed by atoms with Crippen LogP contribution >= 0.6 is 0 Å². The van der Waals surface area contributed by atoms with Crippen LogP contribution in [0.3, 0.4) is 0 Å². The maximum atomic E-state index is 12.6. The summed E-state index contributed by atoms with van der Waals surface area (Å²) < 4.78 is 0. The number of hydrogen-bond acceptors (Lipinski definition) is 2. The van der Waals surface area contributed by atoms with Crippen LogP contribution in [0.5, 0.6) is 0 Å². The standard InChI is InChI=1S/C24H32N2O/c1-26(2)24(22-13-7-4-8-14-22)17-15-21(16-18-24)23(27)25-19-9-12-20-10-5-3-6-11-20/h3-8,10-11,13-14,21H,9,12,15-19H2,1-2H3,(H,25,27). The number of hydrogen-bond donors (Lipinski definition) is 1. The molecular weight excluding hydrogens is 332 g/mol. The summed E-state index contributed by atoms with van der Waals surface area (Å²) in [5.74, 6) is 0.391. The van der Waals surface area contributed by atoms with Gasteiger partial charge in [0.15, 0.2) is 0 Å². The van der Waals surface area contributed by atoms with Gasteiger partial charge in [-0.1, -0.05) is 60.7 Å². The zero-order valence-corrected chi connectivity index (χ0v) is 16.7. The molecule has 3 nitrogen and oxygen atoms in total. The fraction of sp³-hybridized carbons (Fsp3) is 0.458. The molecule has 144 valence electrons. The number of nitrogens with zero attached hydrogens (tertiary/aromatic N) is 1. The number of benzene rings is 2. The molecule has 0 bridgehead atoms. The van der Waals surface area contributed by atoms with Crippen LogP contribution in [0.4, 0.5) is 0 Å². The molecule has 3 heteroatoms. The Morgan fingerprint density at radius 1 is 1.00 bits per heavy atom. The highest BCUT2D eigenvalue weighted by molar-refractivity contribution is 5.78. The summed E-state index contributed by atoms with van der Waals surface area (Å²) in [5, 5.41) is 3.17. The highest BCUT2D eigenvalue weighted by Gasteiger charge is 2.40. The van der Waals surface area contributed by atoms with Crippen LogP contribution in [0.2, 0.25) is 0 Å². The van der Waals surface area contributed by atoms with Gasteiger partial charge in [-0.15, -0.1) is 0 Å². The molecule has 0 atom stereocenters. The van der Waals surface area contributed by atoms with E-state index < -0.39 is 0 Å². The minimum atomic E-state index is 0.0609. The first-order valence-corrected chi connectivity index (χ1v) is 10.2. The van der Waals surface area contributed by atoms with Gasteiger partial charge >= 0.3 is 0 Å². The van der Waals surface area contributed by atoms with Crippen molar-refractivity contribution in [3.8, 4) is 0 Å². The minimum absolute atomic E-state index is 0.0609. The number of carbonyl (C=O) groups excluding carboxylic acids is 1. The Morgan fingerprint density at radius 2 is 1.59 bits per heavy atom. The van der Waals surface area contributed by atoms with Crippen LogP contribution < -0.4 is 5.32 Å². The second kappa shape index (κ2) is 9.18. The van der Waals surface area contributed by atoms with E-state index in [4.69, 9.17) is 0 Å². The van der Waals surface area contributed by atoms with Crippen LogP contribution in [0, 0.1) is 5.92 Å². The van der Waals surface area contributed by atoms with Crippen molar-refractivity contribution < 1.29 is 4.79 Å². The molecule has 27 heavy (non-hydrogen) atoms. The Labute approximate surface area is 163 Å². The summed E-state index contributed by atoms with van der Waals surface area (Å²) in [4.78, 5) is 14.9. The van der Waals surface area contributed by atoms with E-state index in [9.17, 15) is 4.79 Å². The van der Waals surface area contributed by atoms with Crippen LogP contribution in [-0.4, -0.2) is 31.4 Å². The molecule has 0 aromatic heterocycles. The Bertz CT molecular complexity index is 704. The largest absolute Gasteiger partial charge is 0.356 e. The normalized spacial score (nSPS) is 22.6. The Kier molecular flexibility index (Phi) is 6.68. The molecule has 0 aliphatic heterocycles. The van der Waals surface area contributed by atoms with Gasteiger partial charge in [0.05, 0.1) is 0 Å². The molecule has 1 aliphatic carbocycles. The van der Waals surface area contributed by atoms with Crippen LogP contribution in [0.1, 0.15) is 43.2 Å². The molecule has 1 aliphatic rings. The molecule has 1 saturated carbocycles. The van der Waals surface area contributed by atoms with Gasteiger partial charge in [0.25, 0.3) is 0 Å². The lowest BCUT2D eigenvalue weighted by Crippen LogP contribution is -2.46. The lowest BCUT2D eigenvalue weighted by Gasteiger charge is -2.45. The zero-order chi connectivity index (χ0) is 19.1. The summed E-state index contributed by atoms with van der Waals surface area (Å²) in [6, 6.07) is 21.2. The predicted octanol–water partition coefficient (Wildman–Crippen LogP) is 4.38. The fourth-order valence-corrected chi connectivity index (χ4v) is 4.39. The fourth-order valence-electron chi connectivity index (χ4n) is 4.39. The SMILES string of the molecule is CN(C)C1(c2ccccc2)CCC(C(=O)NCCCc2ccccc2)CC1.